The standard InChI is InChI=1S/C10H18F2N2O2/c1-13(7-9(11)12)5-8(15)6-14-4-2-3-10(14)16/h8-9,15H,2-7H2,1H3. The molecule has 0 radical (unpaired) electrons. The van der Waals surface area contributed by atoms with Gasteiger partial charge in [-0.2, -0.15) is 0 Å². The number of carbonyl (C=O) groups is 1. The third-order valence-electron chi connectivity index (χ3n) is 2.57. The summed E-state index contributed by atoms with van der Waals surface area (Å²) in [5.74, 6) is 0.0376. The molecule has 1 N–H and O–H groups in total. The minimum Gasteiger partial charge on any atom is -0.390 e. The quantitative estimate of drug-likeness (QED) is 0.715. The second-order valence-electron chi connectivity index (χ2n) is 4.21. The highest BCUT2D eigenvalue weighted by Crippen LogP contribution is 2.10. The average Bonchev–Trinajstić information content (AvgIpc) is 2.49. The molecule has 1 rings (SSSR count). The molecule has 6 heteroatoms. The molecule has 1 unspecified atom stereocenters. The summed E-state index contributed by atoms with van der Waals surface area (Å²) < 4.78 is 24.0. The second kappa shape index (κ2) is 6.10. The third-order valence-corrected chi connectivity index (χ3v) is 2.57. The van der Waals surface area contributed by atoms with E-state index in [1.54, 1.807) is 4.90 Å². The summed E-state index contributed by atoms with van der Waals surface area (Å²) in [4.78, 5) is 14.2. The van der Waals surface area contributed by atoms with Crippen LogP contribution in [-0.4, -0.2) is 66.6 Å². The number of β-amino-alcohol motifs (C(OH)–C–C–N with tert-alkyl or cyclic N) is 1. The fourth-order valence-corrected chi connectivity index (χ4v) is 1.88. The summed E-state index contributed by atoms with van der Waals surface area (Å²) in [6.45, 7) is 0.708. The molecule has 1 aliphatic heterocycles. The van der Waals surface area contributed by atoms with Gasteiger partial charge in [-0.3, -0.25) is 9.69 Å². The van der Waals surface area contributed by atoms with E-state index in [9.17, 15) is 18.7 Å². The normalized spacial score (nSPS) is 18.9. The number of nitrogens with zero attached hydrogens (tertiary/aromatic N) is 2. The van der Waals surface area contributed by atoms with Crippen molar-refractivity contribution in [2.45, 2.75) is 25.4 Å². The summed E-state index contributed by atoms with van der Waals surface area (Å²) in [7, 11) is 1.53. The van der Waals surface area contributed by atoms with Crippen molar-refractivity contribution in [3.05, 3.63) is 0 Å². The first-order chi connectivity index (χ1) is 7.49. The maximum atomic E-state index is 12.0. The van der Waals surface area contributed by atoms with Crippen LogP contribution in [0.5, 0.6) is 0 Å². The second-order valence-corrected chi connectivity index (χ2v) is 4.21. The van der Waals surface area contributed by atoms with Gasteiger partial charge in [0.05, 0.1) is 12.6 Å². The Balaban J connectivity index is 2.24. The number of halogens is 2. The molecular weight excluding hydrogens is 218 g/mol. The van der Waals surface area contributed by atoms with Crippen molar-refractivity contribution >= 4 is 5.91 Å². The molecule has 94 valence electrons. The summed E-state index contributed by atoms with van der Waals surface area (Å²) in [5.41, 5.74) is 0. The number of aliphatic hydroxyl groups excluding tert-OH is 1. The van der Waals surface area contributed by atoms with Gasteiger partial charge < -0.3 is 10.0 Å². The zero-order valence-corrected chi connectivity index (χ0v) is 9.40. The van der Waals surface area contributed by atoms with Gasteiger partial charge in [0, 0.05) is 26.1 Å². The lowest BCUT2D eigenvalue weighted by molar-refractivity contribution is -0.129. The highest BCUT2D eigenvalue weighted by atomic mass is 19.3. The van der Waals surface area contributed by atoms with Crippen LogP contribution in [0.2, 0.25) is 0 Å². The minimum atomic E-state index is -2.40. The molecular formula is C10H18F2N2O2. The lowest BCUT2D eigenvalue weighted by Gasteiger charge is -2.24. The summed E-state index contributed by atoms with van der Waals surface area (Å²) in [6.07, 6.45) is -1.81. The molecule has 0 spiro atoms. The zero-order chi connectivity index (χ0) is 12.1. The monoisotopic (exact) mass is 236 g/mol. The Labute approximate surface area is 93.8 Å². The topological polar surface area (TPSA) is 43.8 Å². The molecule has 1 saturated heterocycles. The van der Waals surface area contributed by atoms with E-state index in [1.165, 1.54) is 11.9 Å². The van der Waals surface area contributed by atoms with Crippen LogP contribution in [0.1, 0.15) is 12.8 Å². The number of likely N-dealkylation sites (tertiary alicyclic amines) is 1. The molecule has 0 aromatic rings. The van der Waals surface area contributed by atoms with Crippen LogP contribution in [0.25, 0.3) is 0 Å². The van der Waals surface area contributed by atoms with Crippen molar-refractivity contribution in [1.82, 2.24) is 9.80 Å². The van der Waals surface area contributed by atoms with E-state index >= 15 is 0 Å². The van der Waals surface area contributed by atoms with Crippen LogP contribution >= 0.6 is 0 Å². The number of carbonyl (C=O) groups excluding carboxylic acids is 1. The van der Waals surface area contributed by atoms with E-state index in [2.05, 4.69) is 0 Å². The number of amides is 1. The Kier molecular flexibility index (Phi) is 5.08. The zero-order valence-electron chi connectivity index (χ0n) is 9.40. The van der Waals surface area contributed by atoms with E-state index in [0.717, 1.165) is 6.42 Å². The van der Waals surface area contributed by atoms with Gasteiger partial charge in [-0.25, -0.2) is 8.78 Å². The van der Waals surface area contributed by atoms with Crippen LogP contribution in [0.4, 0.5) is 8.78 Å². The first kappa shape index (κ1) is 13.3. The summed E-state index contributed by atoms with van der Waals surface area (Å²) in [6, 6.07) is 0. The number of likely N-dealkylation sites (N-methyl/N-ethyl adjacent to an activating group) is 1. The van der Waals surface area contributed by atoms with Crippen molar-refractivity contribution in [1.29, 1.82) is 0 Å². The maximum Gasteiger partial charge on any atom is 0.251 e. The Morgan fingerprint density at radius 2 is 2.19 bits per heavy atom. The highest BCUT2D eigenvalue weighted by Gasteiger charge is 2.23. The maximum absolute atomic E-state index is 12.0. The number of hydrogen-bond donors (Lipinski definition) is 1. The van der Waals surface area contributed by atoms with Gasteiger partial charge in [0.1, 0.15) is 0 Å². The predicted octanol–water partition coefficient (Wildman–Crippen LogP) is 0.167. The fourth-order valence-electron chi connectivity index (χ4n) is 1.88. The van der Waals surface area contributed by atoms with Gasteiger partial charge in [-0.05, 0) is 13.5 Å². The summed E-state index contributed by atoms with van der Waals surface area (Å²) >= 11 is 0. The van der Waals surface area contributed by atoms with E-state index < -0.39 is 12.5 Å². The van der Waals surface area contributed by atoms with Crippen molar-refractivity contribution in [2.24, 2.45) is 0 Å². The number of hydrogen-bond acceptors (Lipinski definition) is 3. The molecule has 0 saturated carbocycles. The van der Waals surface area contributed by atoms with Crippen molar-refractivity contribution < 1.29 is 18.7 Å². The molecule has 1 aliphatic rings. The molecule has 0 aromatic carbocycles. The number of alkyl halides is 2. The number of aliphatic hydroxyl groups is 1. The third kappa shape index (κ3) is 4.40. The molecule has 4 nitrogen and oxygen atoms in total. The van der Waals surface area contributed by atoms with Crippen molar-refractivity contribution in [3.8, 4) is 0 Å². The van der Waals surface area contributed by atoms with Gasteiger partial charge in [-0.15, -0.1) is 0 Å². The lowest BCUT2D eigenvalue weighted by Crippen LogP contribution is -2.40. The summed E-state index contributed by atoms with van der Waals surface area (Å²) in [5, 5.41) is 9.63. The van der Waals surface area contributed by atoms with Crippen LogP contribution in [-0.2, 0) is 4.79 Å². The van der Waals surface area contributed by atoms with E-state index in [0.29, 0.717) is 13.0 Å². The molecule has 1 atom stereocenters. The van der Waals surface area contributed by atoms with E-state index in [4.69, 9.17) is 0 Å². The van der Waals surface area contributed by atoms with Gasteiger partial charge in [0.25, 0.3) is 6.43 Å². The fraction of sp³-hybridized carbons (Fsp3) is 0.900. The highest BCUT2D eigenvalue weighted by molar-refractivity contribution is 5.78. The minimum absolute atomic E-state index is 0.0376. The molecule has 0 aromatic heterocycles. The van der Waals surface area contributed by atoms with Crippen LogP contribution in [0, 0.1) is 0 Å². The Bertz CT molecular complexity index is 239. The molecule has 1 fully saturated rings. The first-order valence-corrected chi connectivity index (χ1v) is 5.41. The smallest absolute Gasteiger partial charge is 0.251 e. The van der Waals surface area contributed by atoms with Crippen molar-refractivity contribution in [3.63, 3.8) is 0 Å². The van der Waals surface area contributed by atoms with Gasteiger partial charge in [0.15, 0.2) is 0 Å². The molecule has 0 aliphatic carbocycles. The lowest BCUT2D eigenvalue weighted by atomic mass is 10.3. The molecule has 1 amide bonds. The molecule has 16 heavy (non-hydrogen) atoms. The molecule has 0 bridgehead atoms. The average molecular weight is 236 g/mol. The Morgan fingerprint density at radius 1 is 1.50 bits per heavy atom. The van der Waals surface area contributed by atoms with E-state index in [1.807, 2.05) is 0 Å². The van der Waals surface area contributed by atoms with Crippen molar-refractivity contribution in [2.75, 3.05) is 33.2 Å². The Morgan fingerprint density at radius 3 is 2.69 bits per heavy atom. The number of rotatable bonds is 6. The van der Waals surface area contributed by atoms with Crippen LogP contribution < -0.4 is 0 Å². The van der Waals surface area contributed by atoms with Gasteiger partial charge in [0.2, 0.25) is 5.91 Å². The van der Waals surface area contributed by atoms with Crippen LogP contribution in [0.15, 0.2) is 0 Å². The molecule has 1 heterocycles. The predicted molar refractivity (Wildman–Crippen MR) is 55.3 cm³/mol. The van der Waals surface area contributed by atoms with Crippen LogP contribution in [0.3, 0.4) is 0 Å². The van der Waals surface area contributed by atoms with Gasteiger partial charge >= 0.3 is 0 Å². The van der Waals surface area contributed by atoms with E-state index in [-0.39, 0.29) is 25.5 Å². The van der Waals surface area contributed by atoms with Gasteiger partial charge in [-0.1, -0.05) is 0 Å². The Hall–Kier alpha value is -0.750. The SMILES string of the molecule is CN(CC(F)F)CC(O)CN1CCCC1=O. The largest absolute Gasteiger partial charge is 0.390 e. The first-order valence-electron chi connectivity index (χ1n) is 5.41.